The second kappa shape index (κ2) is 6.35. The summed E-state index contributed by atoms with van der Waals surface area (Å²) >= 11 is 0. The maximum atomic E-state index is 5.74. The number of ether oxygens (including phenoxy) is 1. The Kier molecular flexibility index (Phi) is 4.73. The fourth-order valence-electron chi connectivity index (χ4n) is 1.94. The first-order valence-electron chi connectivity index (χ1n) is 7.36. The molecule has 2 rings (SSSR count). The van der Waals surface area contributed by atoms with Gasteiger partial charge in [0.15, 0.2) is 5.75 Å². The summed E-state index contributed by atoms with van der Waals surface area (Å²) in [5, 5.41) is 7.64. The van der Waals surface area contributed by atoms with Gasteiger partial charge in [0, 0.05) is 24.2 Å². The monoisotopic (exact) mass is 291 g/mol. The van der Waals surface area contributed by atoms with Gasteiger partial charge in [-0.2, -0.15) is 5.10 Å². The molecule has 2 aromatic heterocycles. The molecule has 2 aromatic rings. The maximum Gasteiger partial charge on any atom is 0.157 e. The highest BCUT2D eigenvalue weighted by Gasteiger charge is 2.13. The Morgan fingerprint density at radius 2 is 2.14 bits per heavy atom. The zero-order chi connectivity index (χ0) is 15.5. The molecule has 0 bridgehead atoms. The van der Waals surface area contributed by atoms with Crippen molar-refractivity contribution in [1.29, 1.82) is 0 Å². The summed E-state index contributed by atoms with van der Waals surface area (Å²) in [5.41, 5.74) is 1.27. The van der Waals surface area contributed by atoms with Crippen molar-refractivity contribution in [2.24, 2.45) is 0 Å². The second-order valence-corrected chi connectivity index (χ2v) is 6.22. The van der Waals surface area contributed by atoms with E-state index in [1.165, 1.54) is 5.56 Å². The third-order valence-corrected chi connectivity index (χ3v) is 3.20. The van der Waals surface area contributed by atoms with Crippen LogP contribution in [0.3, 0.4) is 0 Å². The zero-order valence-corrected chi connectivity index (χ0v) is 13.6. The number of aryl methyl sites for hydroxylation is 2. The van der Waals surface area contributed by atoms with Crippen molar-refractivity contribution in [3.05, 3.63) is 35.5 Å². The fourth-order valence-corrected chi connectivity index (χ4v) is 1.94. The van der Waals surface area contributed by atoms with E-state index in [9.17, 15) is 0 Å². The highest BCUT2D eigenvalue weighted by atomic mass is 16.5. The van der Waals surface area contributed by atoms with Crippen LogP contribution in [0.5, 0.6) is 5.75 Å². The molecule has 0 aliphatic heterocycles. The van der Waals surface area contributed by atoms with E-state index in [-0.39, 0.29) is 5.54 Å². The van der Waals surface area contributed by atoms with Crippen LogP contribution in [0.25, 0.3) is 0 Å². The quantitative estimate of drug-likeness (QED) is 0.887. The molecule has 0 unspecified atom stereocenters. The van der Waals surface area contributed by atoms with E-state index in [1.807, 2.05) is 24.7 Å². The summed E-state index contributed by atoms with van der Waals surface area (Å²) < 4.78 is 13.3. The molecule has 0 aromatic carbocycles. The van der Waals surface area contributed by atoms with Crippen molar-refractivity contribution in [3.8, 4) is 5.75 Å². The minimum Gasteiger partial charge on any atom is -0.482 e. The Bertz CT molecular complexity index is 579. The number of hydrogen-bond donors (Lipinski definition) is 1. The maximum absolute atomic E-state index is 5.74. The molecule has 2 heterocycles. The van der Waals surface area contributed by atoms with Crippen LogP contribution < -0.4 is 10.1 Å². The van der Waals surface area contributed by atoms with Gasteiger partial charge in [-0.1, -0.05) is 0 Å². The van der Waals surface area contributed by atoms with E-state index in [2.05, 4.69) is 37.3 Å². The Morgan fingerprint density at radius 3 is 2.76 bits per heavy atom. The SMILES string of the molecule is CCn1cc(OCc2cc(CNC(C)(C)C)c(C)o2)cn1. The Labute approximate surface area is 126 Å². The average Bonchev–Trinajstić information content (AvgIpc) is 2.99. The van der Waals surface area contributed by atoms with Crippen LogP contribution in [0.15, 0.2) is 22.9 Å². The van der Waals surface area contributed by atoms with Gasteiger partial charge in [0.05, 0.1) is 12.4 Å². The predicted molar refractivity (Wildman–Crippen MR) is 82.3 cm³/mol. The van der Waals surface area contributed by atoms with Crippen LogP contribution in [-0.4, -0.2) is 15.3 Å². The lowest BCUT2D eigenvalue weighted by Crippen LogP contribution is -2.35. The number of nitrogens with zero attached hydrogens (tertiary/aromatic N) is 2. The molecule has 5 nitrogen and oxygen atoms in total. The summed E-state index contributed by atoms with van der Waals surface area (Å²) in [5.74, 6) is 2.54. The summed E-state index contributed by atoms with van der Waals surface area (Å²) in [7, 11) is 0. The second-order valence-electron chi connectivity index (χ2n) is 6.22. The van der Waals surface area contributed by atoms with Crippen LogP contribution >= 0.6 is 0 Å². The number of nitrogens with one attached hydrogen (secondary N) is 1. The van der Waals surface area contributed by atoms with Crippen molar-refractivity contribution in [1.82, 2.24) is 15.1 Å². The highest BCUT2D eigenvalue weighted by Crippen LogP contribution is 2.18. The normalized spacial score (nSPS) is 11.9. The van der Waals surface area contributed by atoms with Gasteiger partial charge >= 0.3 is 0 Å². The molecule has 0 amide bonds. The lowest BCUT2D eigenvalue weighted by Gasteiger charge is -2.20. The molecule has 0 aliphatic carbocycles. The molecule has 0 saturated heterocycles. The molecule has 116 valence electrons. The summed E-state index contributed by atoms with van der Waals surface area (Å²) in [6, 6.07) is 2.05. The first-order chi connectivity index (χ1) is 9.87. The Balaban J connectivity index is 1.92. The van der Waals surface area contributed by atoms with E-state index < -0.39 is 0 Å². The number of aromatic nitrogens is 2. The third-order valence-electron chi connectivity index (χ3n) is 3.20. The fraction of sp³-hybridized carbons (Fsp3) is 0.562. The summed E-state index contributed by atoms with van der Waals surface area (Å²) in [6.07, 6.45) is 3.61. The van der Waals surface area contributed by atoms with Gasteiger partial charge in [0.1, 0.15) is 18.1 Å². The highest BCUT2D eigenvalue weighted by molar-refractivity contribution is 5.21. The molecule has 5 heteroatoms. The lowest BCUT2D eigenvalue weighted by atomic mass is 10.1. The Hall–Kier alpha value is -1.75. The molecule has 0 atom stereocenters. The van der Waals surface area contributed by atoms with Gasteiger partial charge in [-0.25, -0.2) is 0 Å². The molecular weight excluding hydrogens is 266 g/mol. The smallest absolute Gasteiger partial charge is 0.157 e. The first-order valence-corrected chi connectivity index (χ1v) is 7.36. The van der Waals surface area contributed by atoms with E-state index >= 15 is 0 Å². The topological polar surface area (TPSA) is 52.2 Å². The predicted octanol–water partition coefficient (Wildman–Crippen LogP) is 3.27. The average molecular weight is 291 g/mol. The largest absolute Gasteiger partial charge is 0.482 e. The van der Waals surface area contributed by atoms with Crippen LogP contribution in [-0.2, 0) is 19.7 Å². The van der Waals surface area contributed by atoms with Gasteiger partial charge in [0.2, 0.25) is 0 Å². The number of furan rings is 1. The molecular formula is C16H25N3O2. The van der Waals surface area contributed by atoms with E-state index in [0.717, 1.165) is 30.4 Å². The molecule has 1 N–H and O–H groups in total. The van der Waals surface area contributed by atoms with Crippen LogP contribution in [0, 0.1) is 6.92 Å². The summed E-state index contributed by atoms with van der Waals surface area (Å²) in [6.45, 7) is 12.5. The van der Waals surface area contributed by atoms with Crippen molar-refractivity contribution in [2.75, 3.05) is 0 Å². The third kappa shape index (κ3) is 4.63. The molecule has 21 heavy (non-hydrogen) atoms. The Morgan fingerprint density at radius 1 is 1.38 bits per heavy atom. The minimum absolute atomic E-state index is 0.0924. The molecule has 0 radical (unpaired) electrons. The van der Waals surface area contributed by atoms with Crippen molar-refractivity contribution >= 4 is 0 Å². The van der Waals surface area contributed by atoms with Crippen molar-refractivity contribution in [2.45, 2.75) is 59.9 Å². The molecule has 0 spiro atoms. The first kappa shape index (κ1) is 15.6. The van der Waals surface area contributed by atoms with Crippen molar-refractivity contribution in [3.63, 3.8) is 0 Å². The molecule has 0 saturated carbocycles. The molecule has 0 fully saturated rings. The van der Waals surface area contributed by atoms with Gasteiger partial charge in [-0.15, -0.1) is 0 Å². The van der Waals surface area contributed by atoms with Gasteiger partial charge in [-0.3, -0.25) is 4.68 Å². The zero-order valence-electron chi connectivity index (χ0n) is 13.6. The number of rotatable bonds is 6. The van der Waals surface area contributed by atoms with Gasteiger partial charge < -0.3 is 14.5 Å². The van der Waals surface area contributed by atoms with Crippen LogP contribution in [0.1, 0.15) is 44.8 Å². The van der Waals surface area contributed by atoms with Crippen LogP contribution in [0.2, 0.25) is 0 Å². The van der Waals surface area contributed by atoms with Crippen molar-refractivity contribution < 1.29 is 9.15 Å². The minimum atomic E-state index is 0.0924. The van der Waals surface area contributed by atoms with E-state index in [4.69, 9.17) is 9.15 Å². The van der Waals surface area contributed by atoms with E-state index in [0.29, 0.717) is 6.61 Å². The van der Waals surface area contributed by atoms with Crippen LogP contribution in [0.4, 0.5) is 0 Å². The molecule has 0 aliphatic rings. The number of hydrogen-bond acceptors (Lipinski definition) is 4. The van der Waals surface area contributed by atoms with E-state index in [1.54, 1.807) is 6.20 Å². The van der Waals surface area contributed by atoms with Gasteiger partial charge in [0.25, 0.3) is 0 Å². The van der Waals surface area contributed by atoms with Gasteiger partial charge in [-0.05, 0) is 40.7 Å². The summed E-state index contributed by atoms with van der Waals surface area (Å²) in [4.78, 5) is 0. The lowest BCUT2D eigenvalue weighted by molar-refractivity contribution is 0.267. The standard InChI is InChI=1S/C16H25N3O2/c1-6-19-10-15(9-18-19)20-11-14-7-13(12(2)21-14)8-17-16(3,4)5/h7,9-10,17H,6,8,11H2,1-5H3.